The molecular formula is C19H36N6S2. The van der Waals surface area contributed by atoms with Gasteiger partial charge >= 0.3 is 0 Å². The molecule has 2 rings (SSSR count). The van der Waals surface area contributed by atoms with Crippen LogP contribution in [0, 0.1) is 5.92 Å². The molecule has 1 saturated heterocycles. The number of aryl methyl sites for hydroxylation is 1. The third-order valence-electron chi connectivity index (χ3n) is 4.57. The first kappa shape index (κ1) is 22.4. The molecule has 1 aliphatic rings. The average molecular weight is 413 g/mol. The molecular weight excluding hydrogens is 376 g/mol. The molecule has 27 heavy (non-hydrogen) atoms. The van der Waals surface area contributed by atoms with E-state index < -0.39 is 0 Å². The van der Waals surface area contributed by atoms with Gasteiger partial charge in [0, 0.05) is 50.1 Å². The van der Waals surface area contributed by atoms with Gasteiger partial charge in [-0.1, -0.05) is 32.5 Å². The van der Waals surface area contributed by atoms with E-state index in [0.29, 0.717) is 5.92 Å². The molecule has 1 aromatic rings. The smallest absolute Gasteiger partial charge is 0.193 e. The Balaban J connectivity index is 1.93. The Morgan fingerprint density at radius 2 is 2.19 bits per heavy atom. The lowest BCUT2D eigenvalue weighted by molar-refractivity contribution is 0.408. The van der Waals surface area contributed by atoms with Crippen molar-refractivity contribution in [2.45, 2.75) is 63.9 Å². The highest BCUT2D eigenvalue weighted by molar-refractivity contribution is 8.00. The number of hydrogen-bond acceptors (Lipinski definition) is 5. The minimum absolute atomic E-state index is 0.590. The summed E-state index contributed by atoms with van der Waals surface area (Å²) in [7, 11) is 0. The standard InChI is InChI=1S/C19H36N6S2/c1-6-16-14-24(11-12-27-16)18(20-7-2)21-10-8-9-17-22-23-19(26-5)25(17)13-15(3)4/h15-16H,6-14H2,1-5H3,(H,20,21). The monoisotopic (exact) mass is 412 g/mol. The molecule has 8 heteroatoms. The van der Waals surface area contributed by atoms with Crippen molar-refractivity contribution in [2.24, 2.45) is 10.9 Å². The largest absolute Gasteiger partial charge is 0.357 e. The fraction of sp³-hybridized carbons (Fsp3) is 0.842. The summed E-state index contributed by atoms with van der Waals surface area (Å²) in [6, 6.07) is 0. The van der Waals surface area contributed by atoms with Crippen LogP contribution in [0.4, 0.5) is 0 Å². The van der Waals surface area contributed by atoms with Gasteiger partial charge in [0.25, 0.3) is 0 Å². The summed E-state index contributed by atoms with van der Waals surface area (Å²) in [5.74, 6) is 3.95. The molecule has 1 aromatic heterocycles. The lowest BCUT2D eigenvalue weighted by atomic mass is 10.2. The van der Waals surface area contributed by atoms with E-state index in [1.165, 1.54) is 12.2 Å². The van der Waals surface area contributed by atoms with Gasteiger partial charge in [-0.25, -0.2) is 0 Å². The van der Waals surface area contributed by atoms with E-state index in [9.17, 15) is 0 Å². The number of thioether (sulfide) groups is 2. The summed E-state index contributed by atoms with van der Waals surface area (Å²) < 4.78 is 2.28. The van der Waals surface area contributed by atoms with Crippen molar-refractivity contribution in [3.05, 3.63) is 5.82 Å². The second kappa shape index (κ2) is 11.8. The zero-order valence-electron chi connectivity index (χ0n) is 17.6. The maximum Gasteiger partial charge on any atom is 0.193 e. The van der Waals surface area contributed by atoms with Crippen molar-refractivity contribution in [2.75, 3.05) is 38.2 Å². The molecule has 2 heterocycles. The topological polar surface area (TPSA) is 58.3 Å². The van der Waals surface area contributed by atoms with Gasteiger partial charge in [0.2, 0.25) is 0 Å². The highest BCUT2D eigenvalue weighted by Crippen LogP contribution is 2.21. The maximum atomic E-state index is 4.90. The third kappa shape index (κ3) is 6.89. The first-order chi connectivity index (χ1) is 13.1. The molecule has 6 nitrogen and oxygen atoms in total. The number of rotatable bonds is 9. The van der Waals surface area contributed by atoms with E-state index in [4.69, 9.17) is 4.99 Å². The molecule has 1 fully saturated rings. The molecule has 0 bridgehead atoms. The van der Waals surface area contributed by atoms with Crippen LogP contribution in [0.1, 0.15) is 46.4 Å². The van der Waals surface area contributed by atoms with Crippen LogP contribution >= 0.6 is 23.5 Å². The van der Waals surface area contributed by atoms with Gasteiger partial charge in [-0.2, -0.15) is 11.8 Å². The predicted octanol–water partition coefficient (Wildman–Crippen LogP) is 3.38. The lowest BCUT2D eigenvalue weighted by Gasteiger charge is -2.34. The van der Waals surface area contributed by atoms with E-state index in [1.54, 1.807) is 11.8 Å². The fourth-order valence-electron chi connectivity index (χ4n) is 3.21. The van der Waals surface area contributed by atoms with Gasteiger partial charge in [0.1, 0.15) is 5.82 Å². The van der Waals surface area contributed by atoms with Gasteiger partial charge in [0.05, 0.1) is 0 Å². The van der Waals surface area contributed by atoms with E-state index in [-0.39, 0.29) is 0 Å². The number of guanidine groups is 1. The van der Waals surface area contributed by atoms with Gasteiger partial charge in [-0.15, -0.1) is 10.2 Å². The van der Waals surface area contributed by atoms with Gasteiger partial charge in [-0.3, -0.25) is 4.99 Å². The predicted molar refractivity (Wildman–Crippen MR) is 119 cm³/mol. The zero-order valence-corrected chi connectivity index (χ0v) is 19.2. The quantitative estimate of drug-likeness (QED) is 0.290. The van der Waals surface area contributed by atoms with Crippen LogP contribution in [0.15, 0.2) is 10.1 Å². The van der Waals surface area contributed by atoms with Crippen molar-refractivity contribution in [1.82, 2.24) is 25.0 Å². The Bertz CT molecular complexity index is 587. The minimum Gasteiger partial charge on any atom is -0.357 e. The van der Waals surface area contributed by atoms with Gasteiger partial charge in [-0.05, 0) is 31.9 Å². The Hall–Kier alpha value is -0.890. The molecule has 1 unspecified atom stereocenters. The summed E-state index contributed by atoms with van der Waals surface area (Å²) in [6.07, 6.45) is 5.22. The maximum absolute atomic E-state index is 4.90. The highest BCUT2D eigenvalue weighted by Gasteiger charge is 2.21. The summed E-state index contributed by atoms with van der Waals surface area (Å²) in [5, 5.41) is 14.0. The third-order valence-corrected chi connectivity index (χ3v) is 6.61. The molecule has 0 aromatic carbocycles. The van der Waals surface area contributed by atoms with E-state index in [2.05, 4.69) is 70.7 Å². The number of nitrogens with zero attached hydrogens (tertiary/aromatic N) is 5. The van der Waals surface area contributed by atoms with Crippen LogP contribution in [0.25, 0.3) is 0 Å². The van der Waals surface area contributed by atoms with Crippen molar-refractivity contribution in [3.63, 3.8) is 0 Å². The van der Waals surface area contributed by atoms with Crippen LogP contribution in [0.2, 0.25) is 0 Å². The summed E-state index contributed by atoms with van der Waals surface area (Å²) in [4.78, 5) is 7.33. The molecule has 1 aliphatic heterocycles. The fourth-order valence-corrected chi connectivity index (χ4v) is 4.91. The second-order valence-corrected chi connectivity index (χ2v) is 9.48. The Labute approximate surface area is 173 Å². The Kier molecular flexibility index (Phi) is 9.82. The summed E-state index contributed by atoms with van der Waals surface area (Å²) >= 11 is 3.77. The molecule has 154 valence electrons. The van der Waals surface area contributed by atoms with Crippen molar-refractivity contribution in [3.8, 4) is 0 Å². The minimum atomic E-state index is 0.590. The molecule has 1 N–H and O–H groups in total. The van der Waals surface area contributed by atoms with E-state index >= 15 is 0 Å². The normalized spacial score (nSPS) is 18.4. The Morgan fingerprint density at radius 3 is 2.85 bits per heavy atom. The molecule has 0 aliphatic carbocycles. The molecule has 0 radical (unpaired) electrons. The molecule has 0 amide bonds. The molecule has 0 saturated carbocycles. The van der Waals surface area contributed by atoms with Crippen LogP contribution < -0.4 is 5.32 Å². The summed E-state index contributed by atoms with van der Waals surface area (Å²) in [6.45, 7) is 13.8. The number of aromatic nitrogens is 3. The summed E-state index contributed by atoms with van der Waals surface area (Å²) in [5.41, 5.74) is 0. The SMILES string of the molecule is CCNC(=NCCCc1nnc(SC)n1CC(C)C)N1CCSC(CC)C1. The van der Waals surface area contributed by atoms with Crippen molar-refractivity contribution in [1.29, 1.82) is 0 Å². The number of hydrogen-bond donors (Lipinski definition) is 1. The Morgan fingerprint density at radius 1 is 1.37 bits per heavy atom. The second-order valence-electron chi connectivity index (χ2n) is 7.29. The van der Waals surface area contributed by atoms with Gasteiger partial charge < -0.3 is 14.8 Å². The van der Waals surface area contributed by atoms with Gasteiger partial charge in [0.15, 0.2) is 11.1 Å². The molecule has 1 atom stereocenters. The number of nitrogens with one attached hydrogen (secondary N) is 1. The van der Waals surface area contributed by atoms with Crippen molar-refractivity contribution < 1.29 is 0 Å². The van der Waals surface area contributed by atoms with Crippen molar-refractivity contribution >= 4 is 29.5 Å². The zero-order chi connectivity index (χ0) is 19.6. The van der Waals surface area contributed by atoms with Crippen LogP contribution in [-0.4, -0.2) is 69.1 Å². The average Bonchev–Trinajstić information content (AvgIpc) is 3.05. The highest BCUT2D eigenvalue weighted by atomic mass is 32.2. The first-order valence-electron chi connectivity index (χ1n) is 10.2. The first-order valence-corrected chi connectivity index (χ1v) is 12.5. The van der Waals surface area contributed by atoms with E-state index in [0.717, 1.165) is 67.8 Å². The number of aliphatic imine (C=N–C) groups is 1. The lowest BCUT2D eigenvalue weighted by Crippen LogP contribution is -2.48. The molecule has 0 spiro atoms. The van der Waals surface area contributed by atoms with Crippen LogP contribution in [0.3, 0.4) is 0 Å². The van der Waals surface area contributed by atoms with E-state index in [1.807, 2.05) is 0 Å². The van der Waals surface area contributed by atoms with Crippen LogP contribution in [-0.2, 0) is 13.0 Å². The van der Waals surface area contributed by atoms with Crippen LogP contribution in [0.5, 0.6) is 0 Å².